The van der Waals surface area contributed by atoms with Crippen LogP contribution in [0.25, 0.3) is 0 Å². The number of benzene rings is 1. The molecule has 0 spiro atoms. The van der Waals surface area contributed by atoms with Crippen molar-refractivity contribution >= 4 is 5.91 Å². The van der Waals surface area contributed by atoms with Gasteiger partial charge in [0, 0.05) is 25.4 Å². The number of nitrogens with one attached hydrogen (secondary N) is 1. The number of hydrogen-bond donors (Lipinski definition) is 1. The van der Waals surface area contributed by atoms with Crippen molar-refractivity contribution < 1.29 is 14.3 Å². The summed E-state index contributed by atoms with van der Waals surface area (Å²) < 4.78 is 11.5. The third kappa shape index (κ3) is 5.04. The van der Waals surface area contributed by atoms with Crippen LogP contribution in [0.3, 0.4) is 0 Å². The number of aryl methyl sites for hydroxylation is 1. The summed E-state index contributed by atoms with van der Waals surface area (Å²) in [6, 6.07) is 12.7. The van der Waals surface area contributed by atoms with Crippen LogP contribution >= 0.6 is 0 Å². The predicted octanol–water partition coefficient (Wildman–Crippen LogP) is 2.24. The fraction of sp³-hybridized carbons (Fsp3) is 0.350. The Hall–Kier alpha value is -2.91. The highest BCUT2D eigenvalue weighted by molar-refractivity contribution is 5.76. The Morgan fingerprint density at radius 1 is 1.35 bits per heavy atom. The lowest BCUT2D eigenvalue weighted by atomic mass is 10.0. The Balaban J connectivity index is 1.54. The van der Waals surface area contributed by atoms with Gasteiger partial charge in [-0.2, -0.15) is 5.26 Å². The Bertz CT molecular complexity index is 756. The SMILES string of the molecule is N#Cc1ccc(O[C@@H]2COCC[C@H]2NC(=O)CCc2cccnc2)cc1. The topological polar surface area (TPSA) is 84.2 Å². The van der Waals surface area contributed by atoms with Gasteiger partial charge in [-0.05, 0) is 48.7 Å². The molecule has 26 heavy (non-hydrogen) atoms. The Kier molecular flexibility index (Phi) is 6.18. The van der Waals surface area contributed by atoms with Crippen LogP contribution in [0, 0.1) is 11.3 Å². The summed E-state index contributed by atoms with van der Waals surface area (Å²) in [5.41, 5.74) is 1.62. The molecule has 0 aliphatic carbocycles. The standard InChI is InChI=1S/C20H21N3O3/c21-12-15-3-6-17(7-4-15)26-19-14-25-11-9-18(19)23-20(24)8-5-16-2-1-10-22-13-16/h1-4,6-7,10,13,18-19H,5,8-9,11,14H2,(H,23,24)/t18-,19-/m1/s1. The van der Waals surface area contributed by atoms with Crippen LogP contribution < -0.4 is 10.1 Å². The fourth-order valence-electron chi connectivity index (χ4n) is 2.86. The van der Waals surface area contributed by atoms with E-state index in [1.807, 2.05) is 12.1 Å². The van der Waals surface area contributed by atoms with E-state index in [0.29, 0.717) is 43.8 Å². The van der Waals surface area contributed by atoms with Crippen LogP contribution in [0.2, 0.25) is 0 Å². The summed E-state index contributed by atoms with van der Waals surface area (Å²) in [4.78, 5) is 16.4. The molecule has 1 N–H and O–H groups in total. The number of carbonyl (C=O) groups is 1. The fourth-order valence-corrected chi connectivity index (χ4v) is 2.86. The molecule has 1 aliphatic heterocycles. The van der Waals surface area contributed by atoms with Crippen LogP contribution in [0.5, 0.6) is 5.75 Å². The zero-order valence-corrected chi connectivity index (χ0v) is 14.4. The molecule has 1 amide bonds. The maximum absolute atomic E-state index is 12.3. The third-order valence-electron chi connectivity index (χ3n) is 4.28. The summed E-state index contributed by atoms with van der Waals surface area (Å²) >= 11 is 0. The lowest BCUT2D eigenvalue weighted by molar-refractivity contribution is -0.123. The van der Waals surface area contributed by atoms with Crippen molar-refractivity contribution in [2.75, 3.05) is 13.2 Å². The van der Waals surface area contributed by atoms with Gasteiger partial charge in [-0.3, -0.25) is 9.78 Å². The Morgan fingerprint density at radius 2 is 2.19 bits per heavy atom. The van der Waals surface area contributed by atoms with Gasteiger partial charge in [-0.25, -0.2) is 0 Å². The van der Waals surface area contributed by atoms with Gasteiger partial charge in [-0.15, -0.1) is 0 Å². The molecule has 1 aromatic carbocycles. The molecule has 0 radical (unpaired) electrons. The van der Waals surface area contributed by atoms with E-state index >= 15 is 0 Å². The van der Waals surface area contributed by atoms with E-state index in [1.165, 1.54) is 0 Å². The van der Waals surface area contributed by atoms with Gasteiger partial charge in [0.25, 0.3) is 0 Å². The molecule has 2 heterocycles. The molecule has 0 saturated carbocycles. The number of nitrogens with zero attached hydrogens (tertiary/aromatic N) is 2. The lowest BCUT2D eigenvalue weighted by Gasteiger charge is -2.32. The van der Waals surface area contributed by atoms with E-state index in [0.717, 1.165) is 5.56 Å². The van der Waals surface area contributed by atoms with Crippen molar-refractivity contribution in [3.8, 4) is 11.8 Å². The van der Waals surface area contributed by atoms with Gasteiger partial charge in [0.1, 0.15) is 11.9 Å². The van der Waals surface area contributed by atoms with Gasteiger partial charge in [0.2, 0.25) is 5.91 Å². The number of nitriles is 1. The number of amides is 1. The van der Waals surface area contributed by atoms with Gasteiger partial charge >= 0.3 is 0 Å². The quantitative estimate of drug-likeness (QED) is 0.863. The number of hydrogen-bond acceptors (Lipinski definition) is 5. The molecule has 1 aliphatic rings. The molecular formula is C20H21N3O3. The zero-order chi connectivity index (χ0) is 18.2. The Morgan fingerprint density at radius 3 is 2.92 bits per heavy atom. The average Bonchev–Trinajstić information content (AvgIpc) is 2.69. The van der Waals surface area contributed by atoms with E-state index in [9.17, 15) is 4.79 Å². The summed E-state index contributed by atoms with van der Waals surface area (Å²) in [5, 5.41) is 11.9. The molecule has 1 saturated heterocycles. The first-order valence-corrected chi connectivity index (χ1v) is 8.67. The van der Waals surface area contributed by atoms with Gasteiger partial charge in [0.05, 0.1) is 24.3 Å². The normalized spacial score (nSPS) is 19.3. The van der Waals surface area contributed by atoms with Crippen molar-refractivity contribution in [3.05, 3.63) is 59.9 Å². The highest BCUT2D eigenvalue weighted by Gasteiger charge is 2.28. The van der Waals surface area contributed by atoms with Gasteiger partial charge < -0.3 is 14.8 Å². The first kappa shape index (κ1) is 17.9. The molecule has 2 aromatic rings. The summed E-state index contributed by atoms with van der Waals surface area (Å²) in [5.74, 6) is 0.656. The van der Waals surface area contributed by atoms with Crippen molar-refractivity contribution in [1.82, 2.24) is 10.3 Å². The van der Waals surface area contributed by atoms with E-state index in [4.69, 9.17) is 14.7 Å². The predicted molar refractivity (Wildman–Crippen MR) is 95.5 cm³/mol. The van der Waals surface area contributed by atoms with E-state index < -0.39 is 0 Å². The summed E-state index contributed by atoms with van der Waals surface area (Å²) in [6.07, 6.45) is 5.02. The average molecular weight is 351 g/mol. The molecule has 0 bridgehead atoms. The number of ether oxygens (including phenoxy) is 2. The first-order valence-electron chi connectivity index (χ1n) is 8.67. The third-order valence-corrected chi connectivity index (χ3v) is 4.28. The molecule has 2 atom stereocenters. The van der Waals surface area contributed by atoms with Crippen molar-refractivity contribution in [3.63, 3.8) is 0 Å². The summed E-state index contributed by atoms with van der Waals surface area (Å²) in [6.45, 7) is 1.02. The van der Waals surface area contributed by atoms with Gasteiger partial charge in [0.15, 0.2) is 0 Å². The van der Waals surface area contributed by atoms with Gasteiger partial charge in [-0.1, -0.05) is 6.07 Å². The monoisotopic (exact) mass is 351 g/mol. The molecule has 0 unspecified atom stereocenters. The van der Waals surface area contributed by atoms with Crippen molar-refractivity contribution in [1.29, 1.82) is 5.26 Å². The summed E-state index contributed by atoms with van der Waals surface area (Å²) in [7, 11) is 0. The molecule has 6 nitrogen and oxygen atoms in total. The molecule has 1 aromatic heterocycles. The van der Waals surface area contributed by atoms with E-state index in [1.54, 1.807) is 36.7 Å². The van der Waals surface area contributed by atoms with E-state index in [2.05, 4.69) is 16.4 Å². The highest BCUT2D eigenvalue weighted by Crippen LogP contribution is 2.18. The smallest absolute Gasteiger partial charge is 0.220 e. The minimum atomic E-state index is -0.251. The Labute approximate surface area is 152 Å². The molecule has 6 heteroatoms. The number of aromatic nitrogens is 1. The molecular weight excluding hydrogens is 330 g/mol. The molecule has 3 rings (SSSR count). The van der Waals surface area contributed by atoms with Crippen LogP contribution in [-0.4, -0.2) is 36.3 Å². The molecule has 1 fully saturated rings. The second-order valence-corrected chi connectivity index (χ2v) is 6.19. The second kappa shape index (κ2) is 8.97. The van der Waals surface area contributed by atoms with Crippen LogP contribution in [0.15, 0.2) is 48.8 Å². The van der Waals surface area contributed by atoms with Crippen molar-refractivity contribution in [2.45, 2.75) is 31.4 Å². The largest absolute Gasteiger partial charge is 0.486 e. The number of pyridine rings is 1. The first-order chi connectivity index (χ1) is 12.7. The zero-order valence-electron chi connectivity index (χ0n) is 14.4. The highest BCUT2D eigenvalue weighted by atomic mass is 16.5. The number of carbonyl (C=O) groups excluding carboxylic acids is 1. The van der Waals surface area contributed by atoms with Crippen LogP contribution in [0.1, 0.15) is 24.0 Å². The van der Waals surface area contributed by atoms with E-state index in [-0.39, 0.29) is 18.1 Å². The lowest BCUT2D eigenvalue weighted by Crippen LogP contribution is -2.51. The second-order valence-electron chi connectivity index (χ2n) is 6.19. The minimum Gasteiger partial charge on any atom is -0.486 e. The van der Waals surface area contributed by atoms with Crippen LogP contribution in [0.4, 0.5) is 0 Å². The maximum Gasteiger partial charge on any atom is 0.220 e. The van der Waals surface area contributed by atoms with Crippen molar-refractivity contribution in [2.24, 2.45) is 0 Å². The maximum atomic E-state index is 12.3. The molecule has 134 valence electrons. The minimum absolute atomic E-state index is 0.00539. The number of rotatable bonds is 6. The van der Waals surface area contributed by atoms with Crippen LogP contribution in [-0.2, 0) is 16.0 Å².